The van der Waals surface area contributed by atoms with Crippen LogP contribution in [0.5, 0.6) is 0 Å². The number of benzene rings is 3. The maximum atomic E-state index is 13.3. The highest BCUT2D eigenvalue weighted by molar-refractivity contribution is 7.89. The van der Waals surface area contributed by atoms with E-state index in [-0.39, 0.29) is 10.8 Å². The number of hydrogen-bond acceptors (Lipinski definition) is 6. The fourth-order valence-electron chi connectivity index (χ4n) is 5.16. The number of nitrogens with zero attached hydrogens (tertiary/aromatic N) is 3. The van der Waals surface area contributed by atoms with E-state index in [0.29, 0.717) is 29.4 Å². The van der Waals surface area contributed by atoms with E-state index in [4.69, 9.17) is 4.99 Å². The first kappa shape index (κ1) is 25.7. The first-order valence-corrected chi connectivity index (χ1v) is 15.0. The molecule has 1 saturated heterocycles. The minimum absolute atomic E-state index is 0.160. The standard InChI is InChI=1S/C30H33N5O3S/c1-34-15-17-35(18-16-34)24-11-9-23(10-12-24)32-29(22-5-3-2-4-6-22)28-26-19-25(13-14-27(26)33-30(28)36)39(37,38)31-20-21-7-8-21/h2-6,9-14,19,21,28,31H,7-8,15-18,20H2,1H3,(H,33,36). The summed E-state index contributed by atoms with van der Waals surface area (Å²) >= 11 is 0. The number of aliphatic imine (C=N–C) groups is 1. The first-order valence-electron chi connectivity index (χ1n) is 13.5. The molecule has 1 saturated carbocycles. The Morgan fingerprint density at radius 3 is 2.38 bits per heavy atom. The van der Waals surface area contributed by atoms with Gasteiger partial charge in [-0.2, -0.15) is 0 Å². The monoisotopic (exact) mass is 543 g/mol. The van der Waals surface area contributed by atoms with Crippen molar-refractivity contribution in [2.75, 3.05) is 50.0 Å². The van der Waals surface area contributed by atoms with Gasteiger partial charge < -0.3 is 15.1 Å². The Balaban J connectivity index is 1.34. The van der Waals surface area contributed by atoms with Crippen LogP contribution in [-0.2, 0) is 14.8 Å². The van der Waals surface area contributed by atoms with Gasteiger partial charge in [-0.05, 0) is 79.4 Å². The molecule has 0 radical (unpaired) electrons. The second kappa shape index (κ2) is 10.6. The topological polar surface area (TPSA) is 94.1 Å². The van der Waals surface area contributed by atoms with Crippen LogP contribution in [0.3, 0.4) is 0 Å². The molecule has 2 aliphatic heterocycles. The van der Waals surface area contributed by atoms with Crippen LogP contribution in [0.1, 0.15) is 29.9 Å². The van der Waals surface area contributed by atoms with Gasteiger partial charge in [0, 0.05) is 44.1 Å². The summed E-state index contributed by atoms with van der Waals surface area (Å²) in [4.78, 5) is 23.2. The van der Waals surface area contributed by atoms with E-state index in [1.165, 1.54) is 0 Å². The predicted octanol–water partition coefficient (Wildman–Crippen LogP) is 3.98. The molecule has 1 atom stereocenters. The van der Waals surface area contributed by atoms with Gasteiger partial charge in [-0.3, -0.25) is 9.79 Å². The SMILES string of the molecule is CN1CCN(c2ccc(N=C(c3ccccc3)C3C(=O)Nc4ccc(S(=O)(=O)NCC5CC5)cc43)cc2)CC1. The van der Waals surface area contributed by atoms with E-state index in [1.54, 1.807) is 18.2 Å². The van der Waals surface area contributed by atoms with Crippen LogP contribution < -0.4 is 14.9 Å². The largest absolute Gasteiger partial charge is 0.369 e. The number of nitrogens with one attached hydrogen (secondary N) is 2. The van der Waals surface area contributed by atoms with Crippen molar-refractivity contribution < 1.29 is 13.2 Å². The highest BCUT2D eigenvalue weighted by Gasteiger charge is 2.36. The van der Waals surface area contributed by atoms with Crippen molar-refractivity contribution in [3.8, 4) is 0 Å². The summed E-state index contributed by atoms with van der Waals surface area (Å²) in [6.45, 7) is 4.47. The molecule has 0 aromatic heterocycles. The zero-order valence-electron chi connectivity index (χ0n) is 22.0. The van der Waals surface area contributed by atoms with E-state index in [1.807, 2.05) is 42.5 Å². The van der Waals surface area contributed by atoms with Crippen molar-refractivity contribution in [2.45, 2.75) is 23.7 Å². The van der Waals surface area contributed by atoms with Crippen LogP contribution in [0, 0.1) is 5.92 Å². The lowest BCUT2D eigenvalue weighted by atomic mass is 9.90. The lowest BCUT2D eigenvalue weighted by Gasteiger charge is -2.34. The molecule has 3 aromatic rings. The minimum Gasteiger partial charge on any atom is -0.369 e. The Morgan fingerprint density at radius 2 is 1.69 bits per heavy atom. The van der Waals surface area contributed by atoms with Crippen molar-refractivity contribution in [3.63, 3.8) is 0 Å². The van der Waals surface area contributed by atoms with Crippen LogP contribution >= 0.6 is 0 Å². The Bertz CT molecular complexity index is 1490. The number of hydrogen-bond donors (Lipinski definition) is 2. The van der Waals surface area contributed by atoms with E-state index >= 15 is 0 Å². The number of likely N-dealkylation sites (N-methyl/N-ethyl adjacent to an activating group) is 1. The van der Waals surface area contributed by atoms with E-state index < -0.39 is 15.9 Å². The highest BCUT2D eigenvalue weighted by atomic mass is 32.2. The number of anilines is 2. The number of carbonyl (C=O) groups is 1. The number of rotatable bonds is 8. The van der Waals surface area contributed by atoms with Crippen LogP contribution in [0.4, 0.5) is 17.1 Å². The first-order chi connectivity index (χ1) is 18.9. The molecule has 0 bridgehead atoms. The number of carbonyl (C=O) groups excluding carboxylic acids is 1. The van der Waals surface area contributed by atoms with Gasteiger partial charge in [0.25, 0.3) is 0 Å². The molecular weight excluding hydrogens is 510 g/mol. The second-order valence-electron chi connectivity index (χ2n) is 10.6. The van der Waals surface area contributed by atoms with Crippen LogP contribution in [0.2, 0.25) is 0 Å². The van der Waals surface area contributed by atoms with Gasteiger partial charge >= 0.3 is 0 Å². The molecule has 9 heteroatoms. The Labute approximate surface area is 229 Å². The van der Waals surface area contributed by atoms with Crippen molar-refractivity contribution in [2.24, 2.45) is 10.9 Å². The maximum absolute atomic E-state index is 13.3. The molecule has 1 aliphatic carbocycles. The third kappa shape index (κ3) is 5.61. The molecule has 6 rings (SSSR count). The molecule has 1 amide bonds. The summed E-state index contributed by atoms with van der Waals surface area (Å²) in [6.07, 6.45) is 2.11. The van der Waals surface area contributed by atoms with Crippen molar-refractivity contribution >= 4 is 38.7 Å². The maximum Gasteiger partial charge on any atom is 0.240 e. The molecule has 2 N–H and O–H groups in total. The summed E-state index contributed by atoms with van der Waals surface area (Å²) < 4.78 is 28.7. The average molecular weight is 544 g/mol. The normalized spacial score (nSPS) is 20.1. The van der Waals surface area contributed by atoms with Crippen LogP contribution in [0.25, 0.3) is 0 Å². The third-order valence-electron chi connectivity index (χ3n) is 7.73. The predicted molar refractivity (Wildman–Crippen MR) is 155 cm³/mol. The summed E-state index contributed by atoms with van der Waals surface area (Å²) in [5, 5.41) is 2.93. The smallest absolute Gasteiger partial charge is 0.240 e. The number of sulfonamides is 1. The molecule has 202 valence electrons. The molecule has 3 aliphatic rings. The summed E-state index contributed by atoms with van der Waals surface area (Å²) in [6, 6.07) is 22.6. The zero-order valence-corrected chi connectivity index (χ0v) is 22.8. The van der Waals surface area contributed by atoms with Gasteiger partial charge in [0.05, 0.1) is 16.3 Å². The zero-order chi connectivity index (χ0) is 27.0. The molecule has 1 unspecified atom stereocenters. The molecule has 2 fully saturated rings. The molecule has 8 nitrogen and oxygen atoms in total. The van der Waals surface area contributed by atoms with E-state index in [9.17, 15) is 13.2 Å². The van der Waals surface area contributed by atoms with E-state index in [0.717, 1.165) is 56.0 Å². The number of amides is 1. The van der Waals surface area contributed by atoms with Gasteiger partial charge in [-0.1, -0.05) is 30.3 Å². The lowest BCUT2D eigenvalue weighted by Crippen LogP contribution is -2.44. The molecule has 2 heterocycles. The summed E-state index contributed by atoms with van der Waals surface area (Å²) in [5.74, 6) is -0.537. The van der Waals surface area contributed by atoms with Crippen molar-refractivity contribution in [1.82, 2.24) is 9.62 Å². The van der Waals surface area contributed by atoms with Crippen LogP contribution in [0.15, 0.2) is 82.7 Å². The fourth-order valence-corrected chi connectivity index (χ4v) is 6.31. The quantitative estimate of drug-likeness (QED) is 0.419. The lowest BCUT2D eigenvalue weighted by molar-refractivity contribution is -0.115. The summed E-state index contributed by atoms with van der Waals surface area (Å²) in [7, 11) is -1.54. The molecular formula is C30H33N5O3S. The van der Waals surface area contributed by atoms with Gasteiger partial charge in [-0.25, -0.2) is 13.1 Å². The second-order valence-corrected chi connectivity index (χ2v) is 12.4. The van der Waals surface area contributed by atoms with Gasteiger partial charge in [0.2, 0.25) is 15.9 Å². The van der Waals surface area contributed by atoms with Crippen molar-refractivity contribution in [3.05, 3.63) is 83.9 Å². The highest BCUT2D eigenvalue weighted by Crippen LogP contribution is 2.38. The number of fused-ring (bicyclic) bond motifs is 1. The number of piperazine rings is 1. The van der Waals surface area contributed by atoms with Gasteiger partial charge in [0.1, 0.15) is 5.92 Å². The Morgan fingerprint density at radius 1 is 0.974 bits per heavy atom. The van der Waals surface area contributed by atoms with Gasteiger partial charge in [-0.15, -0.1) is 0 Å². The van der Waals surface area contributed by atoms with Gasteiger partial charge in [0.15, 0.2) is 0 Å². The molecule has 39 heavy (non-hydrogen) atoms. The van der Waals surface area contributed by atoms with E-state index in [2.05, 4.69) is 39.0 Å². The average Bonchev–Trinajstić information content (AvgIpc) is 3.73. The minimum atomic E-state index is -3.68. The third-order valence-corrected chi connectivity index (χ3v) is 9.16. The summed E-state index contributed by atoms with van der Waals surface area (Å²) in [5.41, 5.74) is 4.52. The molecule has 0 spiro atoms. The van der Waals surface area contributed by atoms with Crippen molar-refractivity contribution in [1.29, 1.82) is 0 Å². The molecule has 3 aromatic carbocycles. The Hall–Kier alpha value is -3.53. The van der Waals surface area contributed by atoms with Crippen LogP contribution in [-0.4, -0.2) is 64.7 Å². The Kier molecular flexibility index (Phi) is 6.97. The fraction of sp³-hybridized carbons (Fsp3) is 0.333.